The number of rotatable bonds is 4. The Bertz CT molecular complexity index is 155. The molecule has 1 nitrogen and oxygen atoms in total. The molecule has 0 aromatic heterocycles. The van der Waals surface area contributed by atoms with Crippen molar-refractivity contribution in [1.82, 2.24) is 5.32 Å². The second-order valence-corrected chi connectivity index (χ2v) is 6.08. The number of nitrogens with one attached hydrogen (secondary N) is 1. The Kier molecular flexibility index (Phi) is 3.39. The van der Waals surface area contributed by atoms with Crippen molar-refractivity contribution < 1.29 is 0 Å². The Morgan fingerprint density at radius 2 is 1.85 bits per heavy atom. The van der Waals surface area contributed by atoms with Crippen molar-refractivity contribution in [2.75, 3.05) is 6.54 Å². The molecule has 0 bridgehead atoms. The van der Waals surface area contributed by atoms with Crippen LogP contribution in [0.4, 0.5) is 0 Å². The van der Waals surface area contributed by atoms with Gasteiger partial charge in [0.05, 0.1) is 0 Å². The smallest absolute Gasteiger partial charge is 0.00104 e. The van der Waals surface area contributed by atoms with Gasteiger partial charge in [-0.25, -0.2) is 0 Å². The van der Waals surface area contributed by atoms with E-state index in [4.69, 9.17) is 0 Å². The van der Waals surface area contributed by atoms with Crippen molar-refractivity contribution in [3.8, 4) is 0 Å². The van der Waals surface area contributed by atoms with E-state index in [-0.39, 0.29) is 0 Å². The first-order valence-electron chi connectivity index (χ1n) is 5.62. The highest BCUT2D eigenvalue weighted by Crippen LogP contribution is 2.45. The van der Waals surface area contributed by atoms with Gasteiger partial charge < -0.3 is 5.32 Å². The van der Waals surface area contributed by atoms with Gasteiger partial charge in [-0.2, -0.15) is 0 Å². The summed E-state index contributed by atoms with van der Waals surface area (Å²) in [4.78, 5) is 0. The van der Waals surface area contributed by atoms with E-state index in [1.807, 2.05) is 0 Å². The first kappa shape index (κ1) is 11.0. The average molecular weight is 183 g/mol. The fourth-order valence-corrected chi connectivity index (χ4v) is 1.98. The molecule has 78 valence electrons. The summed E-state index contributed by atoms with van der Waals surface area (Å²) in [6.07, 6.45) is 2.86. The fourth-order valence-electron chi connectivity index (χ4n) is 1.98. The van der Waals surface area contributed by atoms with Gasteiger partial charge in [-0.15, -0.1) is 0 Å². The van der Waals surface area contributed by atoms with Gasteiger partial charge in [0.2, 0.25) is 0 Å². The molecule has 1 heteroatoms. The van der Waals surface area contributed by atoms with Crippen molar-refractivity contribution >= 4 is 0 Å². The van der Waals surface area contributed by atoms with Crippen LogP contribution in [0.1, 0.15) is 47.5 Å². The Hall–Kier alpha value is -0.0400. The zero-order valence-corrected chi connectivity index (χ0v) is 9.85. The molecule has 2 atom stereocenters. The highest BCUT2D eigenvalue weighted by atomic mass is 14.9. The van der Waals surface area contributed by atoms with Gasteiger partial charge >= 0.3 is 0 Å². The topological polar surface area (TPSA) is 12.0 Å². The normalized spacial score (nSPS) is 28.2. The first-order chi connectivity index (χ1) is 5.88. The maximum atomic E-state index is 3.52. The molecule has 0 amide bonds. The minimum Gasteiger partial charge on any atom is -0.314 e. The molecule has 0 radical (unpaired) electrons. The summed E-state index contributed by atoms with van der Waals surface area (Å²) >= 11 is 0. The molecule has 1 aliphatic rings. The largest absolute Gasteiger partial charge is 0.314 e. The van der Waals surface area contributed by atoms with Gasteiger partial charge in [-0.05, 0) is 36.6 Å². The Balaban J connectivity index is 2.09. The lowest BCUT2D eigenvalue weighted by atomic mass is 9.89. The molecule has 0 aromatic rings. The van der Waals surface area contributed by atoms with Crippen LogP contribution in [-0.2, 0) is 0 Å². The van der Waals surface area contributed by atoms with Gasteiger partial charge in [0.25, 0.3) is 0 Å². The Labute approximate surface area is 83.3 Å². The van der Waals surface area contributed by atoms with Crippen LogP contribution in [0.25, 0.3) is 0 Å². The van der Waals surface area contributed by atoms with Gasteiger partial charge in [-0.1, -0.05) is 34.6 Å². The van der Waals surface area contributed by atoms with Crippen LogP contribution in [0.5, 0.6) is 0 Å². The molecule has 0 heterocycles. The van der Waals surface area contributed by atoms with Crippen LogP contribution in [0, 0.1) is 17.3 Å². The third-order valence-electron chi connectivity index (χ3n) is 2.73. The molecular formula is C12H25N. The minimum atomic E-state index is 0.525. The van der Waals surface area contributed by atoms with E-state index in [0.717, 1.165) is 11.8 Å². The van der Waals surface area contributed by atoms with E-state index >= 15 is 0 Å². The number of hydrogen-bond acceptors (Lipinski definition) is 1. The van der Waals surface area contributed by atoms with E-state index in [9.17, 15) is 0 Å². The van der Waals surface area contributed by atoms with Gasteiger partial charge in [0, 0.05) is 6.04 Å². The zero-order valence-electron chi connectivity index (χ0n) is 9.85. The third kappa shape index (κ3) is 4.66. The van der Waals surface area contributed by atoms with Crippen molar-refractivity contribution in [2.45, 2.75) is 53.5 Å². The lowest BCUT2D eigenvalue weighted by Gasteiger charge is -2.17. The third-order valence-corrected chi connectivity index (χ3v) is 2.73. The molecule has 1 N–H and O–H groups in total. The van der Waals surface area contributed by atoms with Crippen molar-refractivity contribution in [3.63, 3.8) is 0 Å². The molecule has 1 aliphatic carbocycles. The lowest BCUT2D eigenvalue weighted by Crippen LogP contribution is -2.25. The standard InChI is InChI=1S/C12H25N/c1-9(2)13-8-11-6-10(11)7-12(3,4)5/h9-11,13H,6-8H2,1-5H3. The predicted molar refractivity (Wildman–Crippen MR) is 58.8 cm³/mol. The second-order valence-electron chi connectivity index (χ2n) is 6.08. The summed E-state index contributed by atoms with van der Waals surface area (Å²) in [5.41, 5.74) is 0.525. The van der Waals surface area contributed by atoms with Crippen LogP contribution < -0.4 is 5.32 Å². The first-order valence-corrected chi connectivity index (χ1v) is 5.62. The molecule has 1 rings (SSSR count). The van der Waals surface area contributed by atoms with E-state index in [1.165, 1.54) is 19.4 Å². The van der Waals surface area contributed by atoms with Crippen LogP contribution in [0.2, 0.25) is 0 Å². The summed E-state index contributed by atoms with van der Waals surface area (Å²) in [6, 6.07) is 0.649. The Morgan fingerprint density at radius 3 is 2.31 bits per heavy atom. The van der Waals surface area contributed by atoms with E-state index in [1.54, 1.807) is 0 Å². The molecule has 0 aliphatic heterocycles. The molecule has 1 fully saturated rings. The zero-order chi connectivity index (χ0) is 10.1. The van der Waals surface area contributed by atoms with E-state index < -0.39 is 0 Å². The maximum absolute atomic E-state index is 3.52. The van der Waals surface area contributed by atoms with Gasteiger partial charge in [-0.3, -0.25) is 0 Å². The summed E-state index contributed by atoms with van der Waals surface area (Å²) in [5, 5.41) is 3.52. The van der Waals surface area contributed by atoms with Crippen LogP contribution in [0.3, 0.4) is 0 Å². The molecule has 0 saturated heterocycles. The highest BCUT2D eigenvalue weighted by Gasteiger charge is 2.38. The maximum Gasteiger partial charge on any atom is 0.00104 e. The molecule has 1 saturated carbocycles. The number of hydrogen-bond donors (Lipinski definition) is 1. The molecule has 13 heavy (non-hydrogen) atoms. The lowest BCUT2D eigenvalue weighted by molar-refractivity contribution is 0.341. The molecule has 2 unspecified atom stereocenters. The van der Waals surface area contributed by atoms with Gasteiger partial charge in [0.1, 0.15) is 0 Å². The van der Waals surface area contributed by atoms with Crippen LogP contribution in [-0.4, -0.2) is 12.6 Å². The van der Waals surface area contributed by atoms with E-state index in [2.05, 4.69) is 39.9 Å². The molecular weight excluding hydrogens is 158 g/mol. The molecule has 0 aromatic carbocycles. The van der Waals surface area contributed by atoms with E-state index in [0.29, 0.717) is 11.5 Å². The van der Waals surface area contributed by atoms with Crippen LogP contribution in [0.15, 0.2) is 0 Å². The predicted octanol–water partition coefficient (Wildman–Crippen LogP) is 3.06. The van der Waals surface area contributed by atoms with Gasteiger partial charge in [0.15, 0.2) is 0 Å². The average Bonchev–Trinajstić information content (AvgIpc) is 2.59. The highest BCUT2D eigenvalue weighted by molar-refractivity contribution is 4.90. The van der Waals surface area contributed by atoms with Crippen molar-refractivity contribution in [1.29, 1.82) is 0 Å². The monoisotopic (exact) mass is 183 g/mol. The summed E-state index contributed by atoms with van der Waals surface area (Å²) in [7, 11) is 0. The SMILES string of the molecule is CC(C)NCC1CC1CC(C)(C)C. The molecule has 0 spiro atoms. The van der Waals surface area contributed by atoms with Crippen molar-refractivity contribution in [3.05, 3.63) is 0 Å². The summed E-state index contributed by atoms with van der Waals surface area (Å²) in [5.74, 6) is 1.98. The van der Waals surface area contributed by atoms with Crippen molar-refractivity contribution in [2.24, 2.45) is 17.3 Å². The Morgan fingerprint density at radius 1 is 1.23 bits per heavy atom. The minimum absolute atomic E-state index is 0.525. The summed E-state index contributed by atoms with van der Waals surface area (Å²) in [6.45, 7) is 12.7. The van der Waals surface area contributed by atoms with Crippen LogP contribution >= 0.6 is 0 Å². The second kappa shape index (κ2) is 4.00. The fraction of sp³-hybridized carbons (Fsp3) is 1.00. The summed E-state index contributed by atoms with van der Waals surface area (Å²) < 4.78 is 0. The quantitative estimate of drug-likeness (QED) is 0.706.